The van der Waals surface area contributed by atoms with Crippen molar-refractivity contribution in [2.45, 2.75) is 33.4 Å². The topological polar surface area (TPSA) is 66.4 Å². The normalized spacial score (nSPS) is 12.5. The van der Waals surface area contributed by atoms with Crippen molar-refractivity contribution in [3.05, 3.63) is 63.4 Å². The van der Waals surface area contributed by atoms with Gasteiger partial charge < -0.3 is 10.6 Å². The Kier molecular flexibility index (Phi) is 5.34. The lowest BCUT2D eigenvalue weighted by Gasteiger charge is -2.10. The third-order valence-corrected chi connectivity index (χ3v) is 4.56. The van der Waals surface area contributed by atoms with Gasteiger partial charge in [0.15, 0.2) is 0 Å². The van der Waals surface area contributed by atoms with Gasteiger partial charge in [-0.25, -0.2) is 0 Å². The molecule has 1 aliphatic heterocycles. The molecule has 1 aromatic carbocycles. The summed E-state index contributed by atoms with van der Waals surface area (Å²) in [6, 6.07) is 7.68. The summed E-state index contributed by atoms with van der Waals surface area (Å²) in [5.41, 5.74) is 4.90. The molecule has 130 valence electrons. The number of pyridine rings is 1. The maximum atomic E-state index is 12.2. The SMILES string of the molecule is CCNC1=NCc2cc(CC(=O)NCc3c(C)cccc3Cl)ncc21. The number of hydrogen-bond acceptors (Lipinski definition) is 4. The standard InChI is InChI=1S/C19H21ClN4O/c1-3-21-19-16-11-22-14(7-13(16)9-24-19)8-18(25)23-10-15-12(2)5-4-6-17(15)20/h4-7,11H,3,8-10H2,1-2H3,(H,21,24)(H,23,25). The first-order chi connectivity index (χ1) is 12.1. The molecule has 0 radical (unpaired) electrons. The first-order valence-electron chi connectivity index (χ1n) is 8.35. The highest BCUT2D eigenvalue weighted by atomic mass is 35.5. The predicted molar refractivity (Wildman–Crippen MR) is 99.9 cm³/mol. The molecule has 2 aromatic rings. The van der Waals surface area contributed by atoms with Gasteiger partial charge in [0.25, 0.3) is 0 Å². The zero-order valence-corrected chi connectivity index (χ0v) is 15.2. The van der Waals surface area contributed by atoms with Crippen molar-refractivity contribution in [2.24, 2.45) is 4.99 Å². The van der Waals surface area contributed by atoms with Crippen molar-refractivity contribution < 1.29 is 4.79 Å². The highest BCUT2D eigenvalue weighted by Crippen LogP contribution is 2.20. The van der Waals surface area contributed by atoms with Crippen LogP contribution in [-0.2, 0) is 24.3 Å². The summed E-state index contributed by atoms with van der Waals surface area (Å²) in [6.45, 7) is 5.89. The third kappa shape index (κ3) is 3.99. The van der Waals surface area contributed by atoms with Crippen LogP contribution in [0, 0.1) is 6.92 Å². The molecule has 0 saturated carbocycles. The van der Waals surface area contributed by atoms with E-state index in [2.05, 4.69) is 20.6 Å². The molecule has 0 atom stereocenters. The number of fused-ring (bicyclic) bond motifs is 1. The van der Waals surface area contributed by atoms with Crippen molar-refractivity contribution in [1.82, 2.24) is 15.6 Å². The van der Waals surface area contributed by atoms with E-state index in [1.165, 1.54) is 0 Å². The van der Waals surface area contributed by atoms with Crippen LogP contribution in [0.2, 0.25) is 5.02 Å². The third-order valence-electron chi connectivity index (χ3n) is 4.21. The van der Waals surface area contributed by atoms with E-state index in [0.29, 0.717) is 18.1 Å². The highest BCUT2D eigenvalue weighted by Gasteiger charge is 2.17. The number of benzene rings is 1. The van der Waals surface area contributed by atoms with Gasteiger partial charge in [-0.2, -0.15) is 0 Å². The van der Waals surface area contributed by atoms with Crippen molar-refractivity contribution in [3.8, 4) is 0 Å². The van der Waals surface area contributed by atoms with Gasteiger partial charge in [-0.05, 0) is 42.7 Å². The molecule has 2 N–H and O–H groups in total. The Morgan fingerprint density at radius 3 is 2.96 bits per heavy atom. The van der Waals surface area contributed by atoms with Gasteiger partial charge >= 0.3 is 0 Å². The summed E-state index contributed by atoms with van der Waals surface area (Å²) in [5, 5.41) is 6.82. The van der Waals surface area contributed by atoms with Crippen LogP contribution in [-0.4, -0.2) is 23.3 Å². The summed E-state index contributed by atoms with van der Waals surface area (Å²) in [5.74, 6) is 0.813. The first-order valence-corrected chi connectivity index (χ1v) is 8.73. The van der Waals surface area contributed by atoms with E-state index in [1.807, 2.05) is 38.1 Å². The van der Waals surface area contributed by atoms with Gasteiger partial charge in [0.2, 0.25) is 5.91 Å². The van der Waals surface area contributed by atoms with Crippen LogP contribution < -0.4 is 10.6 Å². The van der Waals surface area contributed by atoms with Gasteiger partial charge in [0.1, 0.15) is 5.84 Å². The minimum Gasteiger partial charge on any atom is -0.370 e. The lowest BCUT2D eigenvalue weighted by atomic mass is 10.1. The fraction of sp³-hybridized carbons (Fsp3) is 0.316. The Labute approximate surface area is 152 Å². The van der Waals surface area contributed by atoms with E-state index >= 15 is 0 Å². The number of aliphatic imine (C=N–C) groups is 1. The maximum Gasteiger partial charge on any atom is 0.226 e. The Bertz CT molecular complexity index is 812. The van der Waals surface area contributed by atoms with E-state index in [4.69, 9.17) is 11.6 Å². The van der Waals surface area contributed by atoms with Gasteiger partial charge in [-0.15, -0.1) is 0 Å². The average molecular weight is 357 g/mol. The molecule has 1 aromatic heterocycles. The van der Waals surface area contributed by atoms with Gasteiger partial charge in [-0.1, -0.05) is 23.7 Å². The molecule has 1 aliphatic rings. The molecule has 2 heterocycles. The van der Waals surface area contributed by atoms with Crippen LogP contribution in [0.25, 0.3) is 0 Å². The smallest absolute Gasteiger partial charge is 0.226 e. The number of aromatic nitrogens is 1. The summed E-state index contributed by atoms with van der Waals surface area (Å²) in [7, 11) is 0. The number of amides is 1. The summed E-state index contributed by atoms with van der Waals surface area (Å²) in [6.07, 6.45) is 2.04. The first kappa shape index (κ1) is 17.4. The number of rotatable bonds is 5. The predicted octanol–water partition coefficient (Wildman–Crippen LogP) is 2.77. The number of halogens is 1. The van der Waals surface area contributed by atoms with Gasteiger partial charge in [-0.3, -0.25) is 14.8 Å². The molecule has 0 bridgehead atoms. The monoisotopic (exact) mass is 356 g/mol. The van der Waals surface area contributed by atoms with Crippen LogP contribution in [0.5, 0.6) is 0 Å². The van der Waals surface area contributed by atoms with E-state index in [0.717, 1.165) is 40.3 Å². The molecule has 3 rings (SSSR count). The van der Waals surface area contributed by atoms with Crippen LogP contribution in [0.1, 0.15) is 34.9 Å². The van der Waals surface area contributed by atoms with Crippen molar-refractivity contribution in [3.63, 3.8) is 0 Å². The molecular formula is C19H21ClN4O. The molecule has 25 heavy (non-hydrogen) atoms. The second kappa shape index (κ2) is 7.66. The Hall–Kier alpha value is -2.40. The number of carbonyl (C=O) groups excluding carboxylic acids is 1. The van der Waals surface area contributed by atoms with Crippen LogP contribution in [0.3, 0.4) is 0 Å². The largest absolute Gasteiger partial charge is 0.370 e. The fourth-order valence-corrected chi connectivity index (χ4v) is 3.15. The van der Waals surface area contributed by atoms with Crippen molar-refractivity contribution in [1.29, 1.82) is 0 Å². The molecular weight excluding hydrogens is 336 g/mol. The Morgan fingerprint density at radius 2 is 2.20 bits per heavy atom. The lowest BCUT2D eigenvalue weighted by Crippen LogP contribution is -2.26. The maximum absolute atomic E-state index is 12.2. The number of hydrogen-bond donors (Lipinski definition) is 2. The second-order valence-electron chi connectivity index (χ2n) is 6.02. The number of aryl methyl sites for hydroxylation is 1. The van der Waals surface area contributed by atoms with E-state index in [9.17, 15) is 4.79 Å². The van der Waals surface area contributed by atoms with Crippen LogP contribution in [0.15, 0.2) is 35.5 Å². The molecule has 5 nitrogen and oxygen atoms in total. The minimum atomic E-state index is -0.0717. The Balaban J connectivity index is 1.61. The molecule has 0 aliphatic carbocycles. The minimum absolute atomic E-state index is 0.0717. The average Bonchev–Trinajstić information content (AvgIpc) is 2.97. The highest BCUT2D eigenvalue weighted by molar-refractivity contribution is 6.31. The zero-order chi connectivity index (χ0) is 17.8. The second-order valence-corrected chi connectivity index (χ2v) is 6.42. The summed E-state index contributed by atoms with van der Waals surface area (Å²) < 4.78 is 0. The number of nitrogens with one attached hydrogen (secondary N) is 2. The molecule has 6 heteroatoms. The van der Waals surface area contributed by atoms with Crippen LogP contribution in [0.4, 0.5) is 0 Å². The lowest BCUT2D eigenvalue weighted by molar-refractivity contribution is -0.120. The zero-order valence-electron chi connectivity index (χ0n) is 14.4. The fourth-order valence-electron chi connectivity index (χ4n) is 2.86. The van der Waals surface area contributed by atoms with Crippen molar-refractivity contribution >= 4 is 23.3 Å². The summed E-state index contributed by atoms with van der Waals surface area (Å²) >= 11 is 6.19. The Morgan fingerprint density at radius 1 is 1.36 bits per heavy atom. The molecule has 0 unspecified atom stereocenters. The quantitative estimate of drug-likeness (QED) is 0.865. The molecule has 0 spiro atoms. The number of nitrogens with zero attached hydrogens (tertiary/aromatic N) is 2. The molecule has 1 amide bonds. The molecule has 0 fully saturated rings. The number of amidine groups is 1. The van der Waals surface area contributed by atoms with Gasteiger partial charge in [0, 0.05) is 29.9 Å². The number of carbonyl (C=O) groups is 1. The van der Waals surface area contributed by atoms with E-state index in [1.54, 1.807) is 6.20 Å². The summed E-state index contributed by atoms with van der Waals surface area (Å²) in [4.78, 5) is 21.1. The van der Waals surface area contributed by atoms with E-state index in [-0.39, 0.29) is 12.3 Å². The van der Waals surface area contributed by atoms with E-state index < -0.39 is 0 Å². The van der Waals surface area contributed by atoms with Crippen molar-refractivity contribution in [2.75, 3.05) is 6.54 Å². The molecule has 0 saturated heterocycles. The van der Waals surface area contributed by atoms with Crippen LogP contribution >= 0.6 is 11.6 Å². The van der Waals surface area contributed by atoms with Gasteiger partial charge in [0.05, 0.1) is 18.7 Å².